The standard InChI is InChI=1S/C15H26N2O3/c1-15(2,3)20-14(19)17-10-8-16(9-11-17)12-6-4-5-7-13(12)18/h12H,4-11H2,1-3H3/t12-/m0/s1. The molecule has 0 unspecified atom stereocenters. The van der Waals surface area contributed by atoms with Gasteiger partial charge >= 0.3 is 6.09 Å². The molecule has 1 aliphatic carbocycles. The van der Waals surface area contributed by atoms with E-state index >= 15 is 0 Å². The summed E-state index contributed by atoms with van der Waals surface area (Å²) >= 11 is 0. The molecule has 114 valence electrons. The van der Waals surface area contributed by atoms with Crippen molar-refractivity contribution in [3.8, 4) is 0 Å². The average Bonchev–Trinajstić information content (AvgIpc) is 2.37. The Balaban J connectivity index is 1.83. The van der Waals surface area contributed by atoms with Gasteiger partial charge < -0.3 is 9.64 Å². The Hall–Kier alpha value is -1.10. The summed E-state index contributed by atoms with van der Waals surface area (Å²) in [4.78, 5) is 27.9. The highest BCUT2D eigenvalue weighted by Gasteiger charge is 2.32. The lowest BCUT2D eigenvalue weighted by molar-refractivity contribution is -0.126. The minimum Gasteiger partial charge on any atom is -0.444 e. The number of ketones is 1. The summed E-state index contributed by atoms with van der Waals surface area (Å²) in [5.74, 6) is 0.377. The summed E-state index contributed by atoms with van der Waals surface area (Å²) in [6.07, 6.45) is 3.63. The number of rotatable bonds is 1. The molecule has 0 radical (unpaired) electrons. The van der Waals surface area contributed by atoms with E-state index in [1.54, 1.807) is 4.90 Å². The molecule has 1 heterocycles. The zero-order valence-electron chi connectivity index (χ0n) is 12.9. The molecular formula is C15H26N2O3. The number of hydrogen-bond acceptors (Lipinski definition) is 4. The molecular weight excluding hydrogens is 256 g/mol. The van der Waals surface area contributed by atoms with Crippen molar-refractivity contribution in [3.05, 3.63) is 0 Å². The number of piperazine rings is 1. The van der Waals surface area contributed by atoms with E-state index in [9.17, 15) is 9.59 Å². The van der Waals surface area contributed by atoms with E-state index in [4.69, 9.17) is 4.74 Å². The van der Waals surface area contributed by atoms with Gasteiger partial charge in [0.05, 0.1) is 6.04 Å². The Bertz CT molecular complexity index is 368. The molecule has 1 saturated carbocycles. The highest BCUT2D eigenvalue weighted by molar-refractivity contribution is 5.84. The first-order valence-electron chi connectivity index (χ1n) is 7.61. The minimum absolute atomic E-state index is 0.0875. The second-order valence-electron chi connectivity index (χ2n) is 6.73. The van der Waals surface area contributed by atoms with Crippen molar-refractivity contribution in [3.63, 3.8) is 0 Å². The van der Waals surface area contributed by atoms with Crippen LogP contribution in [0.5, 0.6) is 0 Å². The SMILES string of the molecule is CC(C)(C)OC(=O)N1CCN([C@H]2CCCCC2=O)CC1. The number of Topliss-reactive ketones (excluding diaryl/α,β-unsaturated/α-hetero) is 1. The molecule has 0 aromatic carbocycles. The number of nitrogens with zero attached hydrogens (tertiary/aromatic N) is 2. The third-order valence-corrected chi connectivity index (χ3v) is 3.93. The Kier molecular flexibility index (Phi) is 4.68. The number of ether oxygens (including phenoxy) is 1. The number of carbonyl (C=O) groups excluding carboxylic acids is 2. The fraction of sp³-hybridized carbons (Fsp3) is 0.867. The predicted molar refractivity (Wildman–Crippen MR) is 76.6 cm³/mol. The van der Waals surface area contributed by atoms with Crippen LogP contribution >= 0.6 is 0 Å². The fourth-order valence-electron chi connectivity index (χ4n) is 2.89. The molecule has 0 aromatic rings. The van der Waals surface area contributed by atoms with Crippen LogP contribution in [0.3, 0.4) is 0 Å². The average molecular weight is 282 g/mol. The zero-order valence-corrected chi connectivity index (χ0v) is 12.9. The summed E-state index contributed by atoms with van der Waals surface area (Å²) < 4.78 is 5.38. The third-order valence-electron chi connectivity index (χ3n) is 3.93. The molecule has 1 atom stereocenters. The van der Waals surface area contributed by atoms with Crippen molar-refractivity contribution < 1.29 is 14.3 Å². The van der Waals surface area contributed by atoms with Crippen molar-refractivity contribution in [1.82, 2.24) is 9.80 Å². The first kappa shape index (κ1) is 15.3. The van der Waals surface area contributed by atoms with Crippen LogP contribution in [-0.2, 0) is 9.53 Å². The van der Waals surface area contributed by atoms with Gasteiger partial charge in [0.2, 0.25) is 0 Å². The van der Waals surface area contributed by atoms with Crippen LogP contribution in [-0.4, -0.2) is 59.5 Å². The minimum atomic E-state index is -0.451. The highest BCUT2D eigenvalue weighted by atomic mass is 16.6. The monoisotopic (exact) mass is 282 g/mol. The van der Waals surface area contributed by atoms with Crippen molar-refractivity contribution in [2.24, 2.45) is 0 Å². The Morgan fingerprint density at radius 2 is 1.80 bits per heavy atom. The summed E-state index contributed by atoms with van der Waals surface area (Å²) in [6, 6.07) is 0.0875. The molecule has 5 heteroatoms. The van der Waals surface area contributed by atoms with E-state index in [2.05, 4.69) is 4.90 Å². The van der Waals surface area contributed by atoms with Crippen LogP contribution in [0, 0.1) is 0 Å². The molecule has 0 N–H and O–H groups in total. The van der Waals surface area contributed by atoms with Gasteiger partial charge in [0.1, 0.15) is 11.4 Å². The van der Waals surface area contributed by atoms with E-state index in [0.717, 1.165) is 38.8 Å². The van der Waals surface area contributed by atoms with Gasteiger partial charge in [-0.05, 0) is 33.6 Å². The normalized spacial score (nSPS) is 25.6. The van der Waals surface area contributed by atoms with Gasteiger partial charge in [-0.15, -0.1) is 0 Å². The predicted octanol–water partition coefficient (Wildman–Crippen LogP) is 2.05. The lowest BCUT2D eigenvalue weighted by atomic mass is 9.92. The van der Waals surface area contributed by atoms with Gasteiger partial charge in [0, 0.05) is 32.6 Å². The maximum absolute atomic E-state index is 12.0. The largest absolute Gasteiger partial charge is 0.444 e. The van der Waals surface area contributed by atoms with Gasteiger partial charge in [0.15, 0.2) is 0 Å². The molecule has 0 bridgehead atoms. The Morgan fingerprint density at radius 3 is 2.35 bits per heavy atom. The van der Waals surface area contributed by atoms with Crippen molar-refractivity contribution >= 4 is 11.9 Å². The maximum atomic E-state index is 12.0. The number of carbonyl (C=O) groups is 2. The van der Waals surface area contributed by atoms with Crippen molar-refractivity contribution in [1.29, 1.82) is 0 Å². The highest BCUT2D eigenvalue weighted by Crippen LogP contribution is 2.21. The summed E-state index contributed by atoms with van der Waals surface area (Å²) in [6.45, 7) is 8.48. The van der Waals surface area contributed by atoms with Crippen molar-refractivity contribution in [2.75, 3.05) is 26.2 Å². The maximum Gasteiger partial charge on any atom is 0.410 e. The number of hydrogen-bond donors (Lipinski definition) is 0. The molecule has 20 heavy (non-hydrogen) atoms. The van der Waals surface area contributed by atoms with E-state index in [0.29, 0.717) is 18.9 Å². The van der Waals surface area contributed by atoms with Gasteiger partial charge in [-0.3, -0.25) is 9.69 Å². The van der Waals surface area contributed by atoms with Gasteiger partial charge in [-0.25, -0.2) is 4.79 Å². The first-order chi connectivity index (χ1) is 9.37. The van der Waals surface area contributed by atoms with Crippen molar-refractivity contribution in [2.45, 2.75) is 58.1 Å². The fourth-order valence-corrected chi connectivity index (χ4v) is 2.89. The van der Waals surface area contributed by atoms with E-state index in [1.807, 2.05) is 20.8 Å². The molecule has 1 saturated heterocycles. The first-order valence-corrected chi connectivity index (χ1v) is 7.61. The smallest absolute Gasteiger partial charge is 0.410 e. The van der Waals surface area contributed by atoms with Crippen LogP contribution < -0.4 is 0 Å². The van der Waals surface area contributed by atoms with E-state index < -0.39 is 5.60 Å². The van der Waals surface area contributed by atoms with E-state index in [1.165, 1.54) is 0 Å². The summed E-state index contributed by atoms with van der Waals surface area (Å²) in [5, 5.41) is 0. The van der Waals surface area contributed by atoms with Gasteiger partial charge in [0.25, 0.3) is 0 Å². The van der Waals surface area contributed by atoms with Crippen LogP contribution in [0.25, 0.3) is 0 Å². The second kappa shape index (κ2) is 6.12. The molecule has 0 aromatic heterocycles. The van der Waals surface area contributed by atoms with Crippen LogP contribution in [0.2, 0.25) is 0 Å². The molecule has 1 aliphatic heterocycles. The Morgan fingerprint density at radius 1 is 1.15 bits per heavy atom. The molecule has 2 aliphatic rings. The summed E-state index contributed by atoms with van der Waals surface area (Å²) in [7, 11) is 0. The quantitative estimate of drug-likeness (QED) is 0.738. The lowest BCUT2D eigenvalue weighted by Crippen LogP contribution is -2.55. The molecule has 1 amide bonds. The van der Waals surface area contributed by atoms with Crippen LogP contribution in [0.4, 0.5) is 4.79 Å². The van der Waals surface area contributed by atoms with Crippen LogP contribution in [0.15, 0.2) is 0 Å². The number of amides is 1. The molecule has 2 rings (SSSR count). The Labute approximate surface area is 121 Å². The zero-order chi connectivity index (χ0) is 14.8. The molecule has 0 spiro atoms. The summed E-state index contributed by atoms with van der Waals surface area (Å²) in [5.41, 5.74) is -0.451. The van der Waals surface area contributed by atoms with Crippen LogP contribution in [0.1, 0.15) is 46.5 Å². The molecule has 2 fully saturated rings. The van der Waals surface area contributed by atoms with E-state index in [-0.39, 0.29) is 12.1 Å². The topological polar surface area (TPSA) is 49.9 Å². The van der Waals surface area contributed by atoms with Gasteiger partial charge in [-0.2, -0.15) is 0 Å². The third kappa shape index (κ3) is 3.95. The lowest BCUT2D eigenvalue weighted by Gasteiger charge is -2.40. The second-order valence-corrected chi connectivity index (χ2v) is 6.73. The molecule has 5 nitrogen and oxygen atoms in total. The van der Waals surface area contributed by atoms with Gasteiger partial charge in [-0.1, -0.05) is 6.42 Å².